The van der Waals surface area contributed by atoms with E-state index < -0.39 is 11.6 Å². The third kappa shape index (κ3) is 3.22. The summed E-state index contributed by atoms with van der Waals surface area (Å²) in [6.07, 6.45) is 8.18. The minimum Gasteiger partial charge on any atom is -0.490 e. The van der Waals surface area contributed by atoms with Crippen LogP contribution in [0.15, 0.2) is 24.5 Å². The van der Waals surface area contributed by atoms with Gasteiger partial charge < -0.3 is 14.5 Å². The summed E-state index contributed by atoms with van der Waals surface area (Å²) < 4.78 is 34.2. The first-order valence-corrected chi connectivity index (χ1v) is 12.0. The smallest absolute Gasteiger partial charge is 0.320 e. The molecule has 9 heteroatoms. The van der Waals surface area contributed by atoms with Gasteiger partial charge in [-0.1, -0.05) is 0 Å². The molecule has 2 aromatic rings. The van der Waals surface area contributed by atoms with E-state index in [1.807, 2.05) is 20.8 Å². The van der Waals surface area contributed by atoms with Crippen LogP contribution in [0.1, 0.15) is 56.3 Å². The van der Waals surface area contributed by atoms with Crippen molar-refractivity contribution >= 4 is 6.03 Å². The van der Waals surface area contributed by atoms with E-state index >= 15 is 0 Å². The number of amides is 2. The van der Waals surface area contributed by atoms with Gasteiger partial charge in [0.2, 0.25) is 0 Å². The lowest BCUT2D eigenvalue weighted by Gasteiger charge is -2.63. The molecule has 0 unspecified atom stereocenters. The van der Waals surface area contributed by atoms with E-state index in [2.05, 4.69) is 10.1 Å². The zero-order valence-electron chi connectivity index (χ0n) is 18.4. The van der Waals surface area contributed by atoms with Gasteiger partial charge in [-0.2, -0.15) is 5.10 Å². The summed E-state index contributed by atoms with van der Waals surface area (Å²) in [5.74, 6) is 0.186. The van der Waals surface area contributed by atoms with Crippen LogP contribution in [0.25, 0.3) is 0 Å². The van der Waals surface area contributed by atoms with E-state index in [1.54, 1.807) is 0 Å². The maximum absolute atomic E-state index is 13.3. The Morgan fingerprint density at radius 2 is 1.64 bits per heavy atom. The third-order valence-corrected chi connectivity index (χ3v) is 8.34. The number of likely N-dealkylation sites (tertiary alicyclic amines) is 2. The van der Waals surface area contributed by atoms with E-state index in [4.69, 9.17) is 4.74 Å². The van der Waals surface area contributed by atoms with Crippen molar-refractivity contribution in [2.75, 3.05) is 26.2 Å². The third-order valence-electron chi connectivity index (χ3n) is 8.34. The van der Waals surface area contributed by atoms with Crippen LogP contribution in [0, 0.1) is 22.5 Å². The molecule has 0 N–H and O–H groups in total. The van der Waals surface area contributed by atoms with Gasteiger partial charge in [-0.05, 0) is 50.7 Å². The highest BCUT2D eigenvalue weighted by Gasteiger charge is 2.59. The summed E-state index contributed by atoms with van der Waals surface area (Å²) in [4.78, 5) is 21.2. The molecule has 1 aromatic carbocycles. The number of urea groups is 1. The molecule has 7 nitrogen and oxygen atoms in total. The number of aromatic nitrogens is 3. The lowest BCUT2D eigenvalue weighted by Crippen LogP contribution is -2.71. The van der Waals surface area contributed by atoms with Crippen LogP contribution < -0.4 is 4.74 Å². The largest absolute Gasteiger partial charge is 0.490 e. The van der Waals surface area contributed by atoms with Crippen molar-refractivity contribution in [1.29, 1.82) is 0 Å². The summed E-state index contributed by atoms with van der Waals surface area (Å²) in [6, 6.07) is 4.22. The second kappa shape index (κ2) is 6.67. The molecule has 5 fully saturated rings. The fourth-order valence-electron chi connectivity index (χ4n) is 6.37. The van der Waals surface area contributed by atoms with Crippen molar-refractivity contribution in [2.45, 2.75) is 56.6 Å². The molecule has 2 amide bonds. The topological polar surface area (TPSA) is 63.5 Å². The molecule has 33 heavy (non-hydrogen) atoms. The predicted molar refractivity (Wildman–Crippen MR) is 114 cm³/mol. The van der Waals surface area contributed by atoms with Crippen molar-refractivity contribution < 1.29 is 18.3 Å². The molecule has 174 valence electrons. The van der Waals surface area contributed by atoms with Gasteiger partial charge in [0.1, 0.15) is 18.2 Å². The summed E-state index contributed by atoms with van der Waals surface area (Å²) in [5.41, 5.74) is 0.407. The minimum atomic E-state index is -0.892. The van der Waals surface area contributed by atoms with Gasteiger partial charge in [-0.15, -0.1) is 0 Å². The van der Waals surface area contributed by atoms with E-state index in [0.29, 0.717) is 17.7 Å². The van der Waals surface area contributed by atoms with E-state index in [1.165, 1.54) is 18.9 Å². The van der Waals surface area contributed by atoms with Gasteiger partial charge in [-0.25, -0.2) is 23.2 Å². The molecule has 5 aliphatic rings. The van der Waals surface area contributed by atoms with Crippen molar-refractivity contribution in [1.82, 2.24) is 24.6 Å². The highest BCUT2D eigenvalue weighted by atomic mass is 19.2. The summed E-state index contributed by atoms with van der Waals surface area (Å²) in [5, 5.41) is 4.67. The highest BCUT2D eigenvalue weighted by Crippen LogP contribution is 2.55. The van der Waals surface area contributed by atoms with Gasteiger partial charge >= 0.3 is 6.03 Å². The van der Waals surface area contributed by atoms with Gasteiger partial charge in [0.25, 0.3) is 0 Å². The van der Waals surface area contributed by atoms with Crippen LogP contribution >= 0.6 is 0 Å². The second-order valence-corrected chi connectivity index (χ2v) is 11.1. The lowest BCUT2D eigenvalue weighted by molar-refractivity contribution is -0.121. The Labute approximate surface area is 190 Å². The molecule has 0 radical (unpaired) electrons. The van der Waals surface area contributed by atoms with Crippen LogP contribution in [0.5, 0.6) is 5.75 Å². The number of carbonyl (C=O) groups is 1. The Balaban J connectivity index is 0.853. The normalized spacial score (nSPS) is 25.4. The van der Waals surface area contributed by atoms with E-state index in [9.17, 15) is 13.6 Å². The standard InChI is InChI=1S/C24H27F2N5O2/c25-19-4-3-17(5-20(19)26)33-18-8-24(9-18)12-30(13-24)22(32)29-10-23(11-29)6-16(7-23)31-14-27-21(28-31)15-1-2-15/h3-5,14-16,18H,1-2,6-13H2. The van der Waals surface area contributed by atoms with Gasteiger partial charge in [0.05, 0.1) is 6.04 Å². The Hall–Kier alpha value is -2.71. The maximum atomic E-state index is 13.3. The Bertz CT molecular complexity index is 1100. The number of rotatable bonds is 4. The molecule has 2 aliphatic heterocycles. The molecule has 0 atom stereocenters. The first kappa shape index (κ1) is 19.7. The molecule has 3 heterocycles. The molecule has 0 bridgehead atoms. The van der Waals surface area contributed by atoms with Crippen molar-refractivity contribution in [3.05, 3.63) is 42.0 Å². The average Bonchev–Trinajstić information content (AvgIpc) is 3.41. The number of halogens is 2. The minimum absolute atomic E-state index is 0.00326. The second-order valence-electron chi connectivity index (χ2n) is 11.1. The molecule has 7 rings (SSSR count). The van der Waals surface area contributed by atoms with Crippen LogP contribution in [-0.4, -0.2) is 62.9 Å². The fourth-order valence-corrected chi connectivity index (χ4v) is 6.37. The van der Waals surface area contributed by atoms with Gasteiger partial charge in [0, 0.05) is 49.0 Å². The number of benzene rings is 1. The monoisotopic (exact) mass is 455 g/mol. The van der Waals surface area contributed by atoms with Crippen molar-refractivity contribution in [3.8, 4) is 5.75 Å². The Morgan fingerprint density at radius 1 is 0.970 bits per heavy atom. The molecule has 3 saturated carbocycles. The van der Waals surface area contributed by atoms with Crippen molar-refractivity contribution in [3.63, 3.8) is 0 Å². The Kier molecular flexibility index (Phi) is 3.99. The SMILES string of the molecule is O=C(N1CC2(CC(Oc3ccc(F)c(F)c3)C2)C1)N1CC2(CC(n3cnc(C4CC4)n3)C2)C1. The Morgan fingerprint density at radius 3 is 2.27 bits per heavy atom. The molecule has 3 aliphatic carbocycles. The summed E-state index contributed by atoms with van der Waals surface area (Å²) in [6.45, 7) is 3.22. The fraction of sp³-hybridized carbons (Fsp3) is 0.625. The zero-order chi connectivity index (χ0) is 22.4. The molecular weight excluding hydrogens is 428 g/mol. The van der Waals surface area contributed by atoms with Crippen LogP contribution in [-0.2, 0) is 0 Å². The number of hydrogen-bond acceptors (Lipinski definition) is 4. The summed E-state index contributed by atoms with van der Waals surface area (Å²) in [7, 11) is 0. The molecule has 2 spiro atoms. The first-order chi connectivity index (χ1) is 15.9. The van der Waals surface area contributed by atoms with Crippen LogP contribution in [0.4, 0.5) is 13.6 Å². The maximum Gasteiger partial charge on any atom is 0.320 e. The van der Waals surface area contributed by atoms with Crippen LogP contribution in [0.2, 0.25) is 0 Å². The lowest BCUT2D eigenvalue weighted by atomic mass is 9.60. The van der Waals surface area contributed by atoms with Gasteiger partial charge in [-0.3, -0.25) is 0 Å². The van der Waals surface area contributed by atoms with Crippen LogP contribution in [0.3, 0.4) is 0 Å². The molecular formula is C24H27F2N5O2. The quantitative estimate of drug-likeness (QED) is 0.705. The molecule has 1 aromatic heterocycles. The number of nitrogens with zero attached hydrogens (tertiary/aromatic N) is 5. The number of carbonyl (C=O) groups excluding carboxylic acids is 1. The predicted octanol–water partition coefficient (Wildman–Crippen LogP) is 3.73. The van der Waals surface area contributed by atoms with E-state index in [-0.39, 0.29) is 23.0 Å². The molecule has 2 saturated heterocycles. The average molecular weight is 456 g/mol. The summed E-state index contributed by atoms with van der Waals surface area (Å²) >= 11 is 0. The number of hydrogen-bond donors (Lipinski definition) is 0. The highest BCUT2D eigenvalue weighted by molar-refractivity contribution is 5.77. The van der Waals surface area contributed by atoms with Gasteiger partial charge in [0.15, 0.2) is 17.5 Å². The zero-order valence-corrected chi connectivity index (χ0v) is 18.4. The number of ether oxygens (including phenoxy) is 1. The van der Waals surface area contributed by atoms with E-state index in [0.717, 1.165) is 69.8 Å². The van der Waals surface area contributed by atoms with Crippen molar-refractivity contribution in [2.24, 2.45) is 10.8 Å². The first-order valence-electron chi connectivity index (χ1n) is 12.0.